The molecule has 0 saturated carbocycles. The molecule has 94 valence electrons. The van der Waals surface area contributed by atoms with Gasteiger partial charge in [-0.3, -0.25) is 0 Å². The minimum absolute atomic E-state index is 0.177. The van der Waals surface area contributed by atoms with E-state index in [1.807, 2.05) is 0 Å². The van der Waals surface area contributed by atoms with E-state index in [0.717, 1.165) is 11.5 Å². The molecule has 4 nitrogen and oxygen atoms in total. The number of esters is 1. The highest BCUT2D eigenvalue weighted by Gasteiger charge is 2.13. The molecule has 0 atom stereocenters. The molecule has 0 fully saturated rings. The Morgan fingerprint density at radius 1 is 1.33 bits per heavy atom. The maximum atomic E-state index is 13.5. The van der Waals surface area contributed by atoms with E-state index in [-0.39, 0.29) is 11.4 Å². The summed E-state index contributed by atoms with van der Waals surface area (Å²) in [7, 11) is 2.69. The van der Waals surface area contributed by atoms with Gasteiger partial charge >= 0.3 is 5.97 Å². The predicted octanol–water partition coefficient (Wildman–Crippen LogP) is 2.74. The SMILES string of the molecule is COC(=O)c1cc(-c2ccc(OC)c(F)c2)sn1. The van der Waals surface area contributed by atoms with E-state index in [2.05, 4.69) is 9.11 Å². The third-order valence-corrected chi connectivity index (χ3v) is 3.18. The van der Waals surface area contributed by atoms with Gasteiger partial charge in [0.15, 0.2) is 17.3 Å². The zero-order valence-electron chi connectivity index (χ0n) is 9.77. The van der Waals surface area contributed by atoms with Crippen molar-refractivity contribution in [2.24, 2.45) is 0 Å². The summed E-state index contributed by atoms with van der Waals surface area (Å²) in [5, 5.41) is 0. The summed E-state index contributed by atoms with van der Waals surface area (Å²) >= 11 is 1.11. The van der Waals surface area contributed by atoms with Gasteiger partial charge in [-0.15, -0.1) is 0 Å². The lowest BCUT2D eigenvalue weighted by atomic mass is 10.1. The van der Waals surface area contributed by atoms with E-state index in [1.165, 1.54) is 26.4 Å². The van der Waals surface area contributed by atoms with Crippen LogP contribution in [0.15, 0.2) is 24.3 Å². The van der Waals surface area contributed by atoms with Crippen molar-refractivity contribution < 1.29 is 18.7 Å². The Morgan fingerprint density at radius 3 is 2.72 bits per heavy atom. The maximum absolute atomic E-state index is 13.5. The average molecular weight is 267 g/mol. The highest BCUT2D eigenvalue weighted by molar-refractivity contribution is 7.09. The lowest BCUT2D eigenvalue weighted by Gasteiger charge is -2.02. The first-order chi connectivity index (χ1) is 8.65. The maximum Gasteiger partial charge on any atom is 0.357 e. The summed E-state index contributed by atoms with van der Waals surface area (Å²) in [5.74, 6) is -0.786. The molecule has 0 radical (unpaired) electrons. The molecule has 0 spiro atoms. The van der Waals surface area contributed by atoms with Gasteiger partial charge < -0.3 is 9.47 Å². The molecular weight excluding hydrogens is 257 g/mol. The number of nitrogens with zero attached hydrogens (tertiary/aromatic N) is 1. The van der Waals surface area contributed by atoms with Gasteiger partial charge in [-0.2, -0.15) is 4.37 Å². The highest BCUT2D eigenvalue weighted by atomic mass is 32.1. The summed E-state index contributed by atoms with van der Waals surface area (Å²) in [5.41, 5.74) is 0.856. The van der Waals surface area contributed by atoms with Crippen molar-refractivity contribution in [2.75, 3.05) is 14.2 Å². The fourth-order valence-electron chi connectivity index (χ4n) is 1.43. The van der Waals surface area contributed by atoms with E-state index < -0.39 is 11.8 Å². The Kier molecular flexibility index (Phi) is 3.57. The standard InChI is InChI=1S/C12H10FNO3S/c1-16-10-4-3-7(5-8(10)13)11-6-9(14-18-11)12(15)17-2/h3-6H,1-2H3. The van der Waals surface area contributed by atoms with Crippen molar-refractivity contribution in [1.29, 1.82) is 0 Å². The van der Waals surface area contributed by atoms with Crippen LogP contribution in [0.25, 0.3) is 10.4 Å². The molecule has 0 unspecified atom stereocenters. The van der Waals surface area contributed by atoms with Crippen molar-refractivity contribution in [3.05, 3.63) is 35.8 Å². The number of aromatic nitrogens is 1. The molecule has 0 N–H and O–H groups in total. The van der Waals surface area contributed by atoms with Crippen LogP contribution in [0.3, 0.4) is 0 Å². The second-order valence-electron chi connectivity index (χ2n) is 3.42. The zero-order chi connectivity index (χ0) is 13.1. The van der Waals surface area contributed by atoms with Gasteiger partial charge in [0.05, 0.1) is 19.1 Å². The van der Waals surface area contributed by atoms with Crippen molar-refractivity contribution >= 4 is 17.5 Å². The number of methoxy groups -OCH3 is 2. The van der Waals surface area contributed by atoms with Crippen LogP contribution in [0.5, 0.6) is 5.75 Å². The molecule has 0 aliphatic heterocycles. The summed E-state index contributed by atoms with van der Waals surface area (Å²) < 4.78 is 26.9. The summed E-state index contributed by atoms with van der Waals surface area (Å²) in [6, 6.07) is 6.14. The number of benzene rings is 1. The molecule has 1 aromatic heterocycles. The minimum atomic E-state index is -0.508. The number of rotatable bonds is 3. The summed E-state index contributed by atoms with van der Waals surface area (Å²) in [6.07, 6.45) is 0. The first-order valence-corrected chi connectivity index (χ1v) is 5.82. The zero-order valence-corrected chi connectivity index (χ0v) is 10.6. The molecule has 0 bridgehead atoms. The fourth-order valence-corrected chi connectivity index (χ4v) is 2.15. The van der Waals surface area contributed by atoms with Crippen LogP contribution >= 0.6 is 11.5 Å². The Morgan fingerprint density at radius 2 is 2.11 bits per heavy atom. The Hall–Kier alpha value is -1.95. The van der Waals surface area contributed by atoms with Crippen molar-refractivity contribution in [1.82, 2.24) is 4.37 Å². The largest absolute Gasteiger partial charge is 0.494 e. The van der Waals surface area contributed by atoms with E-state index in [4.69, 9.17) is 4.74 Å². The molecule has 0 aliphatic rings. The van der Waals surface area contributed by atoms with Crippen LogP contribution in [-0.2, 0) is 4.74 Å². The minimum Gasteiger partial charge on any atom is -0.494 e. The number of ether oxygens (including phenoxy) is 2. The number of carbonyl (C=O) groups is 1. The van der Waals surface area contributed by atoms with Crippen molar-refractivity contribution in [3.8, 4) is 16.2 Å². The molecule has 1 aromatic carbocycles. The average Bonchev–Trinajstić information content (AvgIpc) is 2.87. The highest BCUT2D eigenvalue weighted by Crippen LogP contribution is 2.28. The van der Waals surface area contributed by atoms with Gasteiger partial charge in [0.1, 0.15) is 0 Å². The van der Waals surface area contributed by atoms with Gasteiger partial charge in [-0.05, 0) is 41.4 Å². The van der Waals surface area contributed by atoms with Gasteiger partial charge in [-0.1, -0.05) is 0 Å². The van der Waals surface area contributed by atoms with Gasteiger partial charge in [0.2, 0.25) is 0 Å². The Balaban J connectivity index is 2.34. The normalized spacial score (nSPS) is 10.2. The fraction of sp³-hybridized carbons (Fsp3) is 0.167. The molecule has 1 heterocycles. The van der Waals surface area contributed by atoms with E-state index in [1.54, 1.807) is 12.1 Å². The third-order valence-electron chi connectivity index (χ3n) is 2.34. The molecule has 2 rings (SSSR count). The lowest BCUT2D eigenvalue weighted by molar-refractivity contribution is 0.0595. The van der Waals surface area contributed by atoms with Crippen molar-refractivity contribution in [3.63, 3.8) is 0 Å². The van der Waals surface area contributed by atoms with Crippen LogP contribution in [0.4, 0.5) is 4.39 Å². The second-order valence-corrected chi connectivity index (χ2v) is 4.22. The topological polar surface area (TPSA) is 48.4 Å². The number of halogens is 1. The summed E-state index contributed by atoms with van der Waals surface area (Å²) in [6.45, 7) is 0. The quantitative estimate of drug-likeness (QED) is 0.802. The van der Waals surface area contributed by atoms with Crippen LogP contribution in [0.2, 0.25) is 0 Å². The Bertz CT molecular complexity index is 582. The van der Waals surface area contributed by atoms with Crippen molar-refractivity contribution in [2.45, 2.75) is 0 Å². The summed E-state index contributed by atoms with van der Waals surface area (Å²) in [4.78, 5) is 11.9. The molecule has 0 aliphatic carbocycles. The molecular formula is C12H10FNO3S. The number of carbonyl (C=O) groups excluding carboxylic acids is 1. The molecule has 2 aromatic rings. The van der Waals surface area contributed by atoms with Crippen LogP contribution in [0.1, 0.15) is 10.5 Å². The van der Waals surface area contributed by atoms with Crippen LogP contribution < -0.4 is 4.74 Å². The van der Waals surface area contributed by atoms with E-state index in [9.17, 15) is 9.18 Å². The van der Waals surface area contributed by atoms with Gasteiger partial charge in [-0.25, -0.2) is 9.18 Å². The van der Waals surface area contributed by atoms with E-state index in [0.29, 0.717) is 10.4 Å². The molecule has 18 heavy (non-hydrogen) atoms. The molecule has 0 saturated heterocycles. The Labute approximate surface area is 107 Å². The second kappa shape index (κ2) is 5.14. The number of hydrogen-bond acceptors (Lipinski definition) is 5. The van der Waals surface area contributed by atoms with Crippen LogP contribution in [0, 0.1) is 5.82 Å². The molecule has 6 heteroatoms. The third kappa shape index (κ3) is 2.33. The predicted molar refractivity (Wildman–Crippen MR) is 65.4 cm³/mol. The van der Waals surface area contributed by atoms with Crippen LogP contribution in [-0.4, -0.2) is 24.6 Å². The smallest absolute Gasteiger partial charge is 0.357 e. The first kappa shape index (κ1) is 12.5. The monoisotopic (exact) mass is 267 g/mol. The van der Waals surface area contributed by atoms with Gasteiger partial charge in [0.25, 0.3) is 0 Å². The van der Waals surface area contributed by atoms with Gasteiger partial charge in [0, 0.05) is 0 Å². The lowest BCUT2D eigenvalue weighted by Crippen LogP contribution is -2.00. The van der Waals surface area contributed by atoms with E-state index >= 15 is 0 Å². The molecule has 0 amide bonds. The first-order valence-electron chi connectivity index (χ1n) is 5.04. The number of hydrogen-bond donors (Lipinski definition) is 0.